The second-order valence-electron chi connectivity index (χ2n) is 6.45. The molecular formula is C22H23N3O5. The van der Waals surface area contributed by atoms with Gasteiger partial charge in [0, 0.05) is 19.2 Å². The molecule has 0 atom stereocenters. The number of methoxy groups -OCH3 is 3. The maximum atomic E-state index is 11.5. The van der Waals surface area contributed by atoms with Crippen LogP contribution in [-0.2, 0) is 13.1 Å². The van der Waals surface area contributed by atoms with Crippen molar-refractivity contribution in [3.8, 4) is 17.4 Å². The molecule has 1 heterocycles. The third-order valence-electron chi connectivity index (χ3n) is 4.47. The summed E-state index contributed by atoms with van der Waals surface area (Å²) in [5, 5.41) is 9.41. The van der Waals surface area contributed by atoms with Crippen LogP contribution in [-0.4, -0.2) is 42.4 Å². The highest BCUT2D eigenvalue weighted by Gasteiger charge is 2.17. The highest BCUT2D eigenvalue weighted by molar-refractivity contribution is 5.86. The highest BCUT2D eigenvalue weighted by atomic mass is 16.5. The van der Waals surface area contributed by atoms with Crippen molar-refractivity contribution in [2.75, 3.05) is 26.2 Å². The maximum absolute atomic E-state index is 11.5. The Kier molecular flexibility index (Phi) is 6.69. The first-order valence-corrected chi connectivity index (χ1v) is 9.19. The number of aromatic nitrogens is 2. The lowest BCUT2D eigenvalue weighted by Crippen LogP contribution is -2.25. The van der Waals surface area contributed by atoms with Crippen molar-refractivity contribution in [1.29, 1.82) is 0 Å². The molecule has 156 valence electrons. The predicted molar refractivity (Wildman–Crippen MR) is 111 cm³/mol. The Hall–Kier alpha value is -3.81. The van der Waals surface area contributed by atoms with Gasteiger partial charge in [-0.05, 0) is 35.4 Å². The van der Waals surface area contributed by atoms with Gasteiger partial charge in [0.1, 0.15) is 11.5 Å². The van der Waals surface area contributed by atoms with E-state index in [-0.39, 0.29) is 17.5 Å². The summed E-state index contributed by atoms with van der Waals surface area (Å²) in [5.41, 5.74) is 1.85. The summed E-state index contributed by atoms with van der Waals surface area (Å²) in [7, 11) is 4.67. The maximum Gasteiger partial charge on any atom is 0.354 e. The Morgan fingerprint density at radius 3 is 1.73 bits per heavy atom. The summed E-state index contributed by atoms with van der Waals surface area (Å²) in [5.74, 6) is 0.813. The van der Waals surface area contributed by atoms with E-state index < -0.39 is 5.97 Å². The molecule has 8 heteroatoms. The van der Waals surface area contributed by atoms with Crippen molar-refractivity contribution in [2.45, 2.75) is 13.1 Å². The first-order valence-electron chi connectivity index (χ1n) is 9.19. The highest BCUT2D eigenvalue weighted by Crippen LogP contribution is 2.22. The van der Waals surface area contributed by atoms with E-state index in [0.29, 0.717) is 13.1 Å². The lowest BCUT2D eigenvalue weighted by Gasteiger charge is -2.24. The van der Waals surface area contributed by atoms with Gasteiger partial charge in [0.2, 0.25) is 11.8 Å². The Morgan fingerprint density at radius 1 is 0.833 bits per heavy atom. The lowest BCUT2D eigenvalue weighted by atomic mass is 10.1. The predicted octanol–water partition coefficient (Wildman–Crippen LogP) is 3.41. The number of ether oxygens (including phenoxy) is 3. The fraction of sp³-hybridized carbons (Fsp3) is 0.227. The molecule has 0 aliphatic carbocycles. The molecule has 30 heavy (non-hydrogen) atoms. The smallest absolute Gasteiger partial charge is 0.354 e. The molecule has 0 amide bonds. The SMILES string of the molecule is COc1ccc(CN(Cc2ccc(OC)cc2)c2nc(OC)cc(C(=O)O)n2)cc1. The van der Waals surface area contributed by atoms with Crippen molar-refractivity contribution in [3.05, 3.63) is 71.4 Å². The molecule has 1 aromatic heterocycles. The van der Waals surface area contributed by atoms with Gasteiger partial charge in [-0.15, -0.1) is 0 Å². The second-order valence-corrected chi connectivity index (χ2v) is 6.45. The molecule has 0 aliphatic heterocycles. The van der Waals surface area contributed by atoms with Crippen molar-refractivity contribution in [3.63, 3.8) is 0 Å². The average molecular weight is 409 g/mol. The summed E-state index contributed by atoms with van der Waals surface area (Å²) in [6.45, 7) is 0.921. The van der Waals surface area contributed by atoms with Crippen molar-refractivity contribution in [1.82, 2.24) is 9.97 Å². The van der Waals surface area contributed by atoms with Crippen LogP contribution in [0.25, 0.3) is 0 Å². The largest absolute Gasteiger partial charge is 0.497 e. The van der Waals surface area contributed by atoms with Gasteiger partial charge in [-0.1, -0.05) is 24.3 Å². The molecule has 3 aromatic rings. The first kappa shape index (κ1) is 20.9. The molecule has 0 aliphatic rings. The van der Waals surface area contributed by atoms with Crippen LogP contribution in [0.2, 0.25) is 0 Å². The third kappa shape index (κ3) is 5.16. The molecule has 0 bridgehead atoms. The zero-order valence-corrected chi connectivity index (χ0v) is 17.0. The molecule has 0 fully saturated rings. The Balaban J connectivity index is 1.96. The number of benzene rings is 2. The number of hydrogen-bond acceptors (Lipinski definition) is 7. The molecule has 0 saturated heterocycles. The van der Waals surface area contributed by atoms with E-state index in [4.69, 9.17) is 14.2 Å². The number of rotatable bonds is 9. The topological polar surface area (TPSA) is 94.0 Å². The molecule has 3 rings (SSSR count). The third-order valence-corrected chi connectivity index (χ3v) is 4.47. The fourth-order valence-electron chi connectivity index (χ4n) is 2.87. The van der Waals surface area contributed by atoms with Gasteiger partial charge in [0.15, 0.2) is 5.69 Å². The normalized spacial score (nSPS) is 10.4. The summed E-state index contributed by atoms with van der Waals surface area (Å²) < 4.78 is 15.6. The van der Waals surface area contributed by atoms with Gasteiger partial charge >= 0.3 is 5.97 Å². The van der Waals surface area contributed by atoms with Crippen LogP contribution in [0.1, 0.15) is 21.6 Å². The molecule has 0 radical (unpaired) electrons. The van der Waals surface area contributed by atoms with Gasteiger partial charge in [-0.25, -0.2) is 9.78 Å². The van der Waals surface area contributed by atoms with Crippen LogP contribution < -0.4 is 19.1 Å². The van der Waals surface area contributed by atoms with Gasteiger partial charge in [-0.3, -0.25) is 0 Å². The Morgan fingerprint density at radius 2 is 1.33 bits per heavy atom. The van der Waals surface area contributed by atoms with E-state index in [1.807, 2.05) is 53.4 Å². The Bertz CT molecular complexity index is 941. The first-order chi connectivity index (χ1) is 14.5. The number of hydrogen-bond donors (Lipinski definition) is 1. The van der Waals surface area contributed by atoms with Crippen LogP contribution >= 0.6 is 0 Å². The van der Waals surface area contributed by atoms with Crippen LogP contribution in [0.15, 0.2) is 54.6 Å². The van der Waals surface area contributed by atoms with E-state index in [2.05, 4.69) is 9.97 Å². The number of aromatic carboxylic acids is 1. The van der Waals surface area contributed by atoms with Crippen LogP contribution in [0.3, 0.4) is 0 Å². The van der Waals surface area contributed by atoms with E-state index in [1.54, 1.807) is 14.2 Å². The summed E-state index contributed by atoms with van der Waals surface area (Å²) >= 11 is 0. The summed E-state index contributed by atoms with van der Waals surface area (Å²) in [4.78, 5) is 22.0. The number of carbonyl (C=O) groups is 1. The summed E-state index contributed by atoms with van der Waals surface area (Å²) in [6.07, 6.45) is 0. The lowest BCUT2D eigenvalue weighted by molar-refractivity contribution is 0.0689. The minimum absolute atomic E-state index is 0.133. The molecule has 0 spiro atoms. The van der Waals surface area contributed by atoms with Crippen LogP contribution in [0.4, 0.5) is 5.95 Å². The van der Waals surface area contributed by atoms with E-state index in [1.165, 1.54) is 13.2 Å². The van der Waals surface area contributed by atoms with Gasteiger partial charge in [0.05, 0.1) is 21.3 Å². The fourth-order valence-corrected chi connectivity index (χ4v) is 2.87. The van der Waals surface area contributed by atoms with E-state index in [9.17, 15) is 9.90 Å². The quantitative estimate of drug-likeness (QED) is 0.575. The van der Waals surface area contributed by atoms with Crippen molar-refractivity contribution < 1.29 is 24.1 Å². The number of nitrogens with zero attached hydrogens (tertiary/aromatic N) is 3. The molecule has 0 saturated carbocycles. The van der Waals surface area contributed by atoms with Crippen molar-refractivity contribution >= 4 is 11.9 Å². The van der Waals surface area contributed by atoms with Crippen LogP contribution in [0.5, 0.6) is 17.4 Å². The zero-order chi connectivity index (χ0) is 21.5. The molecule has 8 nitrogen and oxygen atoms in total. The average Bonchev–Trinajstić information content (AvgIpc) is 2.79. The van der Waals surface area contributed by atoms with Gasteiger partial charge in [-0.2, -0.15) is 4.98 Å². The van der Waals surface area contributed by atoms with Gasteiger partial charge < -0.3 is 24.2 Å². The molecule has 0 unspecified atom stereocenters. The Labute approximate surface area is 174 Å². The van der Waals surface area contributed by atoms with Crippen LogP contribution in [0, 0.1) is 0 Å². The second kappa shape index (κ2) is 9.60. The molecule has 2 aromatic carbocycles. The number of carboxylic acids is 1. The minimum Gasteiger partial charge on any atom is -0.497 e. The zero-order valence-electron chi connectivity index (χ0n) is 17.0. The standard InChI is InChI=1S/C22H23N3O5/c1-28-17-8-4-15(5-9-17)13-25(14-16-6-10-18(29-2)11-7-16)22-23-19(21(26)27)12-20(24-22)30-3/h4-12H,13-14H2,1-3H3,(H,26,27). The van der Waals surface area contributed by atoms with Crippen molar-refractivity contribution in [2.24, 2.45) is 0 Å². The van der Waals surface area contributed by atoms with E-state index >= 15 is 0 Å². The van der Waals surface area contributed by atoms with E-state index in [0.717, 1.165) is 22.6 Å². The molecule has 1 N–H and O–H groups in total. The van der Waals surface area contributed by atoms with Gasteiger partial charge in [0.25, 0.3) is 0 Å². The summed E-state index contributed by atoms with van der Waals surface area (Å²) in [6, 6.07) is 16.6. The monoisotopic (exact) mass is 409 g/mol. The minimum atomic E-state index is -1.15. The number of anilines is 1. The molecular weight excluding hydrogens is 386 g/mol. The number of carboxylic acid groups (broad SMARTS) is 1.